The largest absolute Gasteiger partial charge is 0.294 e. The van der Waals surface area contributed by atoms with Crippen LogP contribution in [0.2, 0.25) is 0 Å². The molecule has 0 radical (unpaired) electrons. The third-order valence-electron chi connectivity index (χ3n) is 2.65. The summed E-state index contributed by atoms with van der Waals surface area (Å²) in [5, 5.41) is 0.691. The maximum Gasteiger partial charge on any atom is 0.188 e. The molecular weight excluding hydrogens is 244 g/mol. The fourth-order valence-electron chi connectivity index (χ4n) is 1.86. The van der Waals surface area contributed by atoms with E-state index in [-0.39, 0.29) is 5.78 Å². The van der Waals surface area contributed by atoms with Gasteiger partial charge in [-0.1, -0.05) is 42.1 Å². The molecule has 3 nitrogen and oxygen atoms in total. The molecular formula is C14H14N2OS. The Balaban J connectivity index is 2.71. The van der Waals surface area contributed by atoms with Crippen LogP contribution >= 0.6 is 11.8 Å². The second-order valence-corrected chi connectivity index (χ2v) is 4.71. The summed E-state index contributed by atoms with van der Waals surface area (Å²) in [6.45, 7) is 3.40. The van der Waals surface area contributed by atoms with Crippen molar-refractivity contribution in [2.24, 2.45) is 0 Å². The minimum Gasteiger partial charge on any atom is -0.294 e. The first-order chi connectivity index (χ1) is 8.63. The summed E-state index contributed by atoms with van der Waals surface area (Å²) in [5.41, 5.74) is 3.02. The molecule has 0 N–H and O–H groups in total. The van der Waals surface area contributed by atoms with Crippen molar-refractivity contribution in [2.75, 3.05) is 6.26 Å². The number of rotatable bonds is 3. The van der Waals surface area contributed by atoms with Gasteiger partial charge in [-0.25, -0.2) is 9.97 Å². The number of ketones is 1. The third-order valence-corrected chi connectivity index (χ3v) is 3.20. The Morgan fingerprint density at radius 3 is 2.39 bits per heavy atom. The van der Waals surface area contributed by atoms with E-state index in [4.69, 9.17) is 0 Å². The van der Waals surface area contributed by atoms with Crippen LogP contribution in [0.4, 0.5) is 0 Å². The van der Waals surface area contributed by atoms with Crippen molar-refractivity contribution in [3.05, 3.63) is 41.6 Å². The summed E-state index contributed by atoms with van der Waals surface area (Å²) in [5.74, 6) is -0.000920. The van der Waals surface area contributed by atoms with E-state index >= 15 is 0 Å². The van der Waals surface area contributed by atoms with Gasteiger partial charge in [-0.05, 0) is 20.1 Å². The summed E-state index contributed by atoms with van der Waals surface area (Å²) >= 11 is 1.48. The number of carbonyl (C=O) groups excluding carboxylic acids is 1. The Labute approximate surface area is 111 Å². The van der Waals surface area contributed by atoms with Gasteiger partial charge in [0.1, 0.15) is 0 Å². The minimum absolute atomic E-state index is 0.000920. The maximum atomic E-state index is 11.8. The maximum absolute atomic E-state index is 11.8. The van der Waals surface area contributed by atoms with Crippen LogP contribution < -0.4 is 0 Å². The lowest BCUT2D eigenvalue weighted by Gasteiger charge is -2.10. The van der Waals surface area contributed by atoms with E-state index in [1.807, 2.05) is 43.5 Å². The molecule has 18 heavy (non-hydrogen) atoms. The fraction of sp³-hybridized carbons (Fsp3) is 0.214. The van der Waals surface area contributed by atoms with Gasteiger partial charge in [0, 0.05) is 5.56 Å². The molecule has 0 spiro atoms. The van der Waals surface area contributed by atoms with Gasteiger partial charge in [0.25, 0.3) is 0 Å². The van der Waals surface area contributed by atoms with E-state index in [0.29, 0.717) is 10.7 Å². The quantitative estimate of drug-likeness (QED) is 0.481. The zero-order valence-corrected chi connectivity index (χ0v) is 11.4. The smallest absolute Gasteiger partial charge is 0.188 e. The molecule has 4 heteroatoms. The molecule has 0 aliphatic carbocycles. The van der Waals surface area contributed by atoms with E-state index in [1.165, 1.54) is 11.8 Å². The van der Waals surface area contributed by atoms with Gasteiger partial charge in [0.15, 0.2) is 10.9 Å². The Morgan fingerprint density at radius 1 is 1.17 bits per heavy atom. The third kappa shape index (κ3) is 2.43. The lowest BCUT2D eigenvalue weighted by atomic mass is 10.0. The molecule has 0 unspecified atom stereocenters. The molecule has 0 fully saturated rings. The van der Waals surface area contributed by atoms with Gasteiger partial charge in [-0.3, -0.25) is 4.79 Å². The highest BCUT2D eigenvalue weighted by Crippen LogP contribution is 2.26. The molecule has 0 atom stereocenters. The average molecular weight is 258 g/mol. The second kappa shape index (κ2) is 5.31. The zero-order chi connectivity index (χ0) is 13.1. The molecule has 0 bridgehead atoms. The molecule has 0 aliphatic heterocycles. The van der Waals surface area contributed by atoms with Crippen LogP contribution in [-0.2, 0) is 0 Å². The molecule has 1 aromatic heterocycles. The van der Waals surface area contributed by atoms with Crippen molar-refractivity contribution >= 4 is 17.5 Å². The Morgan fingerprint density at radius 2 is 1.83 bits per heavy atom. The van der Waals surface area contributed by atoms with Gasteiger partial charge >= 0.3 is 0 Å². The molecule has 2 rings (SSSR count). The first kappa shape index (κ1) is 12.8. The first-order valence-corrected chi connectivity index (χ1v) is 6.85. The highest BCUT2D eigenvalue weighted by Gasteiger charge is 2.16. The standard InChI is InChI=1S/C14H14N2OS/c1-9-12(10(2)17)13(16-14(15-9)18-3)11-7-5-4-6-8-11/h4-8H,1-3H3. The topological polar surface area (TPSA) is 42.9 Å². The monoisotopic (exact) mass is 258 g/mol. The van der Waals surface area contributed by atoms with E-state index in [1.54, 1.807) is 6.92 Å². The van der Waals surface area contributed by atoms with Crippen molar-refractivity contribution in [3.63, 3.8) is 0 Å². The average Bonchev–Trinajstić information content (AvgIpc) is 2.38. The van der Waals surface area contributed by atoms with Crippen LogP contribution in [0.15, 0.2) is 35.5 Å². The van der Waals surface area contributed by atoms with Crippen LogP contribution in [0.5, 0.6) is 0 Å². The highest BCUT2D eigenvalue weighted by molar-refractivity contribution is 7.98. The Hall–Kier alpha value is -1.68. The van der Waals surface area contributed by atoms with E-state index in [0.717, 1.165) is 17.0 Å². The number of nitrogens with zero attached hydrogens (tertiary/aromatic N) is 2. The molecule has 0 saturated heterocycles. The van der Waals surface area contributed by atoms with Crippen molar-refractivity contribution in [1.82, 2.24) is 9.97 Å². The normalized spacial score (nSPS) is 10.4. The number of benzene rings is 1. The van der Waals surface area contributed by atoms with Gasteiger partial charge in [0.05, 0.1) is 17.0 Å². The number of Topliss-reactive ketones (excluding diaryl/α,β-unsaturated/α-hetero) is 1. The molecule has 1 aromatic carbocycles. The lowest BCUT2D eigenvalue weighted by molar-refractivity contribution is 0.101. The summed E-state index contributed by atoms with van der Waals surface area (Å²) in [4.78, 5) is 20.6. The Bertz CT molecular complexity index is 582. The predicted molar refractivity (Wildman–Crippen MR) is 74.0 cm³/mol. The van der Waals surface area contributed by atoms with Crippen molar-refractivity contribution in [2.45, 2.75) is 19.0 Å². The summed E-state index contributed by atoms with van der Waals surface area (Å²) in [7, 11) is 0. The highest BCUT2D eigenvalue weighted by atomic mass is 32.2. The zero-order valence-electron chi connectivity index (χ0n) is 10.6. The first-order valence-electron chi connectivity index (χ1n) is 5.62. The SMILES string of the molecule is CSc1nc(C)c(C(C)=O)c(-c2ccccc2)n1. The van der Waals surface area contributed by atoms with E-state index in [9.17, 15) is 4.79 Å². The molecule has 0 aliphatic rings. The molecule has 1 heterocycles. The van der Waals surface area contributed by atoms with E-state index in [2.05, 4.69) is 9.97 Å². The van der Waals surface area contributed by atoms with Crippen LogP contribution in [0.25, 0.3) is 11.3 Å². The van der Waals surface area contributed by atoms with Gasteiger partial charge in [0.2, 0.25) is 0 Å². The number of hydrogen-bond donors (Lipinski definition) is 0. The molecule has 0 amide bonds. The number of aryl methyl sites for hydroxylation is 1. The van der Waals surface area contributed by atoms with Gasteiger partial charge < -0.3 is 0 Å². The van der Waals surface area contributed by atoms with E-state index < -0.39 is 0 Å². The van der Waals surface area contributed by atoms with Gasteiger partial charge in [-0.15, -0.1) is 0 Å². The summed E-state index contributed by atoms with van der Waals surface area (Å²) in [6, 6.07) is 9.74. The number of carbonyl (C=O) groups is 1. The minimum atomic E-state index is -0.000920. The molecule has 92 valence electrons. The van der Waals surface area contributed by atoms with Crippen molar-refractivity contribution in [1.29, 1.82) is 0 Å². The van der Waals surface area contributed by atoms with Crippen LogP contribution in [0.1, 0.15) is 23.0 Å². The lowest BCUT2D eigenvalue weighted by Crippen LogP contribution is -2.06. The fourth-order valence-corrected chi connectivity index (χ4v) is 2.28. The number of aromatic nitrogens is 2. The molecule has 0 saturated carbocycles. The predicted octanol–water partition coefficient (Wildman–Crippen LogP) is 3.38. The number of hydrogen-bond acceptors (Lipinski definition) is 4. The van der Waals surface area contributed by atoms with Crippen LogP contribution in [-0.4, -0.2) is 22.0 Å². The summed E-state index contributed by atoms with van der Waals surface area (Å²) in [6.07, 6.45) is 1.93. The number of thioether (sulfide) groups is 1. The van der Waals surface area contributed by atoms with Crippen LogP contribution in [0, 0.1) is 6.92 Å². The van der Waals surface area contributed by atoms with Gasteiger partial charge in [-0.2, -0.15) is 0 Å². The second-order valence-electron chi connectivity index (χ2n) is 3.94. The summed E-state index contributed by atoms with van der Waals surface area (Å²) < 4.78 is 0. The van der Waals surface area contributed by atoms with Crippen molar-refractivity contribution < 1.29 is 4.79 Å². The van der Waals surface area contributed by atoms with Crippen molar-refractivity contribution in [3.8, 4) is 11.3 Å². The Kier molecular flexibility index (Phi) is 3.77. The molecule has 2 aromatic rings. The van der Waals surface area contributed by atoms with Crippen LogP contribution in [0.3, 0.4) is 0 Å².